The van der Waals surface area contributed by atoms with Gasteiger partial charge in [-0.3, -0.25) is 10.1 Å². The van der Waals surface area contributed by atoms with Gasteiger partial charge in [0.2, 0.25) is 5.78 Å². The summed E-state index contributed by atoms with van der Waals surface area (Å²) in [4.78, 5) is 30.0. The summed E-state index contributed by atoms with van der Waals surface area (Å²) in [5.41, 5.74) is 12.6. The fourth-order valence-electron chi connectivity index (χ4n) is 6.85. The summed E-state index contributed by atoms with van der Waals surface area (Å²) in [7, 11) is 0. The summed E-state index contributed by atoms with van der Waals surface area (Å²) in [6.07, 6.45) is -2.25. The van der Waals surface area contributed by atoms with E-state index in [1.807, 2.05) is 48.5 Å². The molecule has 0 saturated carbocycles. The van der Waals surface area contributed by atoms with Crippen LogP contribution in [0.2, 0.25) is 0 Å². The van der Waals surface area contributed by atoms with Gasteiger partial charge in [-0.25, -0.2) is 22.6 Å². The van der Waals surface area contributed by atoms with Gasteiger partial charge in [0.05, 0.1) is 28.8 Å². The molecule has 13 heteroatoms. The first-order valence-corrected chi connectivity index (χ1v) is 17.3. The molecule has 0 unspecified atom stereocenters. The zero-order valence-electron chi connectivity index (χ0n) is 29.2. The van der Waals surface area contributed by atoms with Crippen molar-refractivity contribution in [3.63, 3.8) is 0 Å². The molecular weight excluding hydrogens is 711 g/mol. The van der Waals surface area contributed by atoms with Crippen LogP contribution in [0.25, 0.3) is 27.7 Å². The Morgan fingerprint density at radius 1 is 0.909 bits per heavy atom. The summed E-state index contributed by atoms with van der Waals surface area (Å²) < 4.78 is 58.8. The zero-order valence-corrected chi connectivity index (χ0v) is 29.2. The number of aromatic nitrogens is 3. The van der Waals surface area contributed by atoms with E-state index in [9.17, 15) is 22.8 Å². The minimum Gasteiger partial charge on any atom is -0.485 e. The van der Waals surface area contributed by atoms with Crippen LogP contribution in [0.4, 0.5) is 29.5 Å². The van der Waals surface area contributed by atoms with E-state index in [2.05, 4.69) is 15.4 Å². The third kappa shape index (κ3) is 6.83. The molecule has 0 saturated heterocycles. The summed E-state index contributed by atoms with van der Waals surface area (Å²) in [5.74, 6) is -0.675. The molecule has 5 aromatic carbocycles. The predicted molar refractivity (Wildman–Crippen MR) is 201 cm³/mol. The van der Waals surface area contributed by atoms with Crippen LogP contribution < -0.4 is 20.5 Å². The monoisotopic (exact) mass is 743 g/mol. The van der Waals surface area contributed by atoms with Gasteiger partial charge >= 0.3 is 6.09 Å². The quantitative estimate of drug-likeness (QED) is 0.112. The number of nitrogens with zero attached hydrogens (tertiary/aromatic N) is 2. The number of anilines is 2. The molecule has 1 aliphatic carbocycles. The Kier molecular flexibility index (Phi) is 9.19. The average Bonchev–Trinajstić information content (AvgIpc) is 3.87. The fourth-order valence-corrected chi connectivity index (χ4v) is 6.85. The number of ketones is 1. The van der Waals surface area contributed by atoms with Gasteiger partial charge in [-0.1, -0.05) is 60.7 Å². The minimum absolute atomic E-state index is 0.0375. The van der Waals surface area contributed by atoms with Crippen LogP contribution in [0.3, 0.4) is 0 Å². The number of hydrogen-bond donors (Lipinski definition) is 3. The van der Waals surface area contributed by atoms with E-state index >= 15 is 0 Å². The van der Waals surface area contributed by atoms with Crippen LogP contribution in [0.1, 0.15) is 38.7 Å². The van der Waals surface area contributed by atoms with Crippen LogP contribution in [-0.2, 0) is 4.74 Å². The highest BCUT2D eigenvalue weighted by Crippen LogP contribution is 2.44. The van der Waals surface area contributed by atoms with Gasteiger partial charge in [0.1, 0.15) is 30.5 Å². The number of nitrogen functional groups attached to an aromatic ring is 1. The number of benzene rings is 5. The first-order chi connectivity index (χ1) is 26.6. The highest BCUT2D eigenvalue weighted by atomic mass is 19.3. The average molecular weight is 744 g/mol. The number of rotatable bonds is 11. The maximum absolute atomic E-state index is 14.1. The Morgan fingerprint density at radius 3 is 2.33 bits per heavy atom. The molecule has 10 nitrogen and oxygen atoms in total. The second-order valence-electron chi connectivity index (χ2n) is 12.9. The number of aryl methyl sites for hydroxylation is 1. The number of para-hydroxylation sites is 1. The molecule has 55 heavy (non-hydrogen) atoms. The lowest BCUT2D eigenvalue weighted by Gasteiger charge is -2.16. The standard InChI is InChI=1S/C42H32F3N5O5/c1-23-16-25(55-37-13-7-6-12-32(37)43)14-15-36(23)50-41(46)30(20-47-50)40(51)35-17-24-18-38(53-22-39(44)45)34(19-33(24)48-35)49-42(52)54-21-31-28-10-4-2-8-26(28)27-9-3-5-11-29(27)31/h2-20,31,39,48H,21-22,46H2,1H3,(H,49,52). The molecule has 0 atom stereocenters. The van der Waals surface area contributed by atoms with E-state index in [-0.39, 0.29) is 46.8 Å². The molecular formula is C42H32F3N5O5. The van der Waals surface area contributed by atoms with E-state index < -0.39 is 30.7 Å². The number of nitrogens with two attached hydrogens (primary N) is 1. The van der Waals surface area contributed by atoms with Crippen molar-refractivity contribution in [2.45, 2.75) is 19.3 Å². The Balaban J connectivity index is 1.01. The smallest absolute Gasteiger partial charge is 0.411 e. The molecule has 1 amide bonds. The minimum atomic E-state index is -2.78. The summed E-state index contributed by atoms with van der Waals surface area (Å²) in [6, 6.07) is 31.4. The third-order valence-electron chi connectivity index (χ3n) is 9.42. The molecule has 2 heterocycles. The first kappa shape index (κ1) is 35.0. The molecule has 0 spiro atoms. The highest BCUT2D eigenvalue weighted by Gasteiger charge is 2.29. The summed E-state index contributed by atoms with van der Waals surface area (Å²) in [6.45, 7) is 0.912. The Bertz CT molecular complexity index is 2560. The number of halogens is 3. The number of fused-ring (bicyclic) bond motifs is 4. The molecule has 0 bridgehead atoms. The van der Waals surface area contributed by atoms with Crippen molar-refractivity contribution >= 4 is 34.3 Å². The molecule has 0 aliphatic heterocycles. The van der Waals surface area contributed by atoms with E-state index in [4.69, 9.17) is 19.9 Å². The topological polar surface area (TPSA) is 133 Å². The molecule has 7 aromatic rings. The van der Waals surface area contributed by atoms with Crippen LogP contribution in [0.5, 0.6) is 17.2 Å². The van der Waals surface area contributed by atoms with E-state index in [0.29, 0.717) is 27.9 Å². The molecule has 4 N–H and O–H groups in total. The van der Waals surface area contributed by atoms with Gasteiger partial charge in [-0.05, 0) is 83.3 Å². The van der Waals surface area contributed by atoms with Gasteiger partial charge < -0.3 is 24.9 Å². The molecule has 0 radical (unpaired) electrons. The van der Waals surface area contributed by atoms with Crippen molar-refractivity contribution in [2.75, 3.05) is 24.3 Å². The van der Waals surface area contributed by atoms with Gasteiger partial charge in [0.15, 0.2) is 11.6 Å². The first-order valence-electron chi connectivity index (χ1n) is 17.3. The van der Waals surface area contributed by atoms with Crippen LogP contribution in [0.15, 0.2) is 115 Å². The number of amides is 1. The Morgan fingerprint density at radius 2 is 1.62 bits per heavy atom. The van der Waals surface area contributed by atoms with Gasteiger partial charge in [0, 0.05) is 16.8 Å². The normalized spacial score (nSPS) is 12.1. The zero-order chi connectivity index (χ0) is 38.2. The van der Waals surface area contributed by atoms with Crippen molar-refractivity contribution < 1.29 is 37.0 Å². The SMILES string of the molecule is Cc1cc(Oc2ccccc2F)ccc1-n1ncc(C(=O)c2cc3cc(OCC(F)F)c(NC(=O)OCC4c5ccccc5-c5ccccc54)cc3[nH]2)c1N. The highest BCUT2D eigenvalue weighted by molar-refractivity contribution is 6.13. The van der Waals surface area contributed by atoms with Crippen molar-refractivity contribution in [2.24, 2.45) is 0 Å². The summed E-state index contributed by atoms with van der Waals surface area (Å²) >= 11 is 0. The second kappa shape index (κ2) is 14.4. The van der Waals surface area contributed by atoms with Crippen molar-refractivity contribution in [1.29, 1.82) is 0 Å². The second-order valence-corrected chi connectivity index (χ2v) is 12.9. The lowest BCUT2D eigenvalue weighted by molar-refractivity contribution is 0.0823. The van der Waals surface area contributed by atoms with Gasteiger partial charge in [0.25, 0.3) is 6.43 Å². The Labute approximate surface area is 312 Å². The number of ether oxygens (including phenoxy) is 3. The number of nitrogens with one attached hydrogen (secondary N) is 2. The fraction of sp³-hybridized carbons (Fsp3) is 0.119. The van der Waals surface area contributed by atoms with Gasteiger partial charge in [-0.15, -0.1) is 0 Å². The largest absolute Gasteiger partial charge is 0.485 e. The third-order valence-corrected chi connectivity index (χ3v) is 9.42. The lowest BCUT2D eigenvalue weighted by Crippen LogP contribution is -2.18. The predicted octanol–water partition coefficient (Wildman–Crippen LogP) is 9.41. The van der Waals surface area contributed by atoms with Crippen molar-refractivity contribution in [1.82, 2.24) is 14.8 Å². The van der Waals surface area contributed by atoms with E-state index in [1.54, 1.807) is 37.3 Å². The van der Waals surface area contributed by atoms with E-state index in [0.717, 1.165) is 22.3 Å². The number of carbonyl (C=O) groups excluding carboxylic acids is 2. The van der Waals surface area contributed by atoms with Crippen molar-refractivity contribution in [3.05, 3.63) is 149 Å². The molecule has 1 aliphatic rings. The molecule has 276 valence electrons. The van der Waals surface area contributed by atoms with Crippen molar-refractivity contribution in [3.8, 4) is 34.1 Å². The maximum atomic E-state index is 14.1. The maximum Gasteiger partial charge on any atom is 0.411 e. The lowest BCUT2D eigenvalue weighted by atomic mass is 9.98. The summed E-state index contributed by atoms with van der Waals surface area (Å²) in [5, 5.41) is 7.44. The Hall–Kier alpha value is -7.02. The molecule has 8 rings (SSSR count). The number of H-pyrrole nitrogens is 1. The number of carbonyl (C=O) groups is 2. The number of aromatic amines is 1. The van der Waals surface area contributed by atoms with Crippen LogP contribution >= 0.6 is 0 Å². The number of hydrogen-bond acceptors (Lipinski definition) is 7. The van der Waals surface area contributed by atoms with Crippen LogP contribution in [0, 0.1) is 12.7 Å². The van der Waals surface area contributed by atoms with E-state index in [1.165, 1.54) is 41.2 Å². The van der Waals surface area contributed by atoms with Crippen LogP contribution in [-0.4, -0.2) is 46.3 Å². The number of alkyl halides is 2. The van der Waals surface area contributed by atoms with Gasteiger partial charge in [-0.2, -0.15) is 5.10 Å². The molecule has 0 fully saturated rings. The molecule has 2 aromatic heterocycles.